The van der Waals surface area contributed by atoms with Crippen LogP contribution in [0.1, 0.15) is 25.3 Å². The number of nitrogens with zero attached hydrogens (tertiary/aromatic N) is 1. The Hall–Kier alpha value is -1.84. The quantitative estimate of drug-likeness (QED) is 0.650. The van der Waals surface area contributed by atoms with E-state index in [9.17, 15) is 9.59 Å². The third-order valence-corrected chi connectivity index (χ3v) is 4.29. The van der Waals surface area contributed by atoms with Crippen molar-refractivity contribution in [2.24, 2.45) is 17.8 Å². The lowest BCUT2D eigenvalue weighted by Crippen LogP contribution is -2.31. The Morgan fingerprint density at radius 3 is 2.16 bits per heavy atom. The average molecular weight is 258 g/mol. The van der Waals surface area contributed by atoms with Crippen LogP contribution in [0.2, 0.25) is 0 Å². The van der Waals surface area contributed by atoms with Crippen molar-refractivity contribution in [3.05, 3.63) is 29.8 Å². The van der Waals surface area contributed by atoms with Gasteiger partial charge in [0.05, 0.1) is 18.4 Å². The van der Waals surface area contributed by atoms with E-state index < -0.39 is 0 Å². The highest BCUT2D eigenvalue weighted by Gasteiger charge is 2.51. The van der Waals surface area contributed by atoms with Crippen LogP contribution in [-0.2, 0) is 16.1 Å². The van der Waals surface area contributed by atoms with Crippen LogP contribution in [0.15, 0.2) is 24.3 Å². The number of nitrogen functional groups attached to an aromatic ring is 1. The molecule has 1 aliphatic heterocycles. The summed E-state index contributed by atoms with van der Waals surface area (Å²) < 4.78 is 0. The van der Waals surface area contributed by atoms with Gasteiger partial charge in [-0.1, -0.05) is 19.1 Å². The highest BCUT2D eigenvalue weighted by molar-refractivity contribution is 6.05. The van der Waals surface area contributed by atoms with Crippen molar-refractivity contribution in [1.82, 2.24) is 4.90 Å². The highest BCUT2D eigenvalue weighted by atomic mass is 16.2. The van der Waals surface area contributed by atoms with Gasteiger partial charge in [0.25, 0.3) is 0 Å². The Morgan fingerprint density at radius 2 is 1.63 bits per heavy atom. The first-order valence-corrected chi connectivity index (χ1v) is 6.76. The van der Waals surface area contributed by atoms with Gasteiger partial charge in [-0.15, -0.1) is 0 Å². The second kappa shape index (κ2) is 4.37. The molecular weight excluding hydrogens is 240 g/mol. The number of hydrogen-bond acceptors (Lipinski definition) is 3. The molecule has 19 heavy (non-hydrogen) atoms. The Balaban J connectivity index is 1.78. The van der Waals surface area contributed by atoms with Crippen LogP contribution in [0.5, 0.6) is 0 Å². The van der Waals surface area contributed by atoms with Gasteiger partial charge < -0.3 is 5.73 Å². The predicted octanol–water partition coefficient (Wildman–Crippen LogP) is 1.80. The van der Waals surface area contributed by atoms with Crippen molar-refractivity contribution in [3.8, 4) is 0 Å². The Morgan fingerprint density at radius 1 is 1.11 bits per heavy atom. The van der Waals surface area contributed by atoms with E-state index in [-0.39, 0.29) is 23.7 Å². The number of carbonyl (C=O) groups excluding carboxylic acids is 2. The van der Waals surface area contributed by atoms with Crippen molar-refractivity contribution in [3.63, 3.8) is 0 Å². The largest absolute Gasteiger partial charge is 0.399 e. The molecule has 100 valence electrons. The standard InChI is InChI=1S/C15H18N2O2/c1-9-6-12-13(7-9)15(19)17(14(12)18)8-10-2-4-11(16)5-3-10/h2-5,9,12-13H,6-8,16H2,1H3. The first-order valence-electron chi connectivity index (χ1n) is 6.76. The number of nitrogens with two attached hydrogens (primary N) is 1. The van der Waals surface area contributed by atoms with Gasteiger partial charge in [-0.25, -0.2) is 0 Å². The van der Waals surface area contributed by atoms with Gasteiger partial charge in [0.2, 0.25) is 11.8 Å². The summed E-state index contributed by atoms with van der Waals surface area (Å²) in [5.74, 6) is 0.362. The summed E-state index contributed by atoms with van der Waals surface area (Å²) in [6.45, 7) is 2.49. The number of carbonyl (C=O) groups is 2. The molecule has 4 heteroatoms. The zero-order chi connectivity index (χ0) is 13.6. The molecule has 0 radical (unpaired) electrons. The zero-order valence-electron chi connectivity index (χ0n) is 11.0. The van der Waals surface area contributed by atoms with E-state index in [4.69, 9.17) is 5.73 Å². The molecule has 1 heterocycles. The van der Waals surface area contributed by atoms with Gasteiger partial charge >= 0.3 is 0 Å². The monoisotopic (exact) mass is 258 g/mol. The fourth-order valence-electron chi connectivity index (χ4n) is 3.31. The molecule has 1 aromatic carbocycles. The number of imide groups is 1. The van der Waals surface area contributed by atoms with Crippen LogP contribution in [0.3, 0.4) is 0 Å². The minimum atomic E-state index is -0.0729. The lowest BCUT2D eigenvalue weighted by molar-refractivity contribution is -0.141. The molecule has 1 saturated heterocycles. The molecule has 2 N–H and O–H groups in total. The summed E-state index contributed by atoms with van der Waals surface area (Å²) in [5.41, 5.74) is 7.27. The van der Waals surface area contributed by atoms with Crippen molar-refractivity contribution >= 4 is 17.5 Å². The summed E-state index contributed by atoms with van der Waals surface area (Å²) >= 11 is 0. The maximum Gasteiger partial charge on any atom is 0.233 e. The molecule has 4 nitrogen and oxygen atoms in total. The third-order valence-electron chi connectivity index (χ3n) is 4.29. The molecule has 0 aromatic heterocycles. The summed E-state index contributed by atoms with van der Waals surface area (Å²) in [7, 11) is 0. The average Bonchev–Trinajstić information content (AvgIpc) is 2.86. The molecule has 2 fully saturated rings. The topological polar surface area (TPSA) is 63.4 Å². The number of amides is 2. The first-order chi connectivity index (χ1) is 9.06. The van der Waals surface area contributed by atoms with E-state index in [1.54, 1.807) is 12.1 Å². The Kier molecular flexibility index (Phi) is 2.81. The van der Waals surface area contributed by atoms with Gasteiger partial charge in [-0.2, -0.15) is 0 Å². The molecule has 0 spiro atoms. The van der Waals surface area contributed by atoms with Gasteiger partial charge in [-0.3, -0.25) is 14.5 Å². The molecule has 1 aromatic rings. The van der Waals surface area contributed by atoms with E-state index in [0.717, 1.165) is 18.4 Å². The van der Waals surface area contributed by atoms with Crippen LogP contribution < -0.4 is 5.73 Å². The van der Waals surface area contributed by atoms with Crippen molar-refractivity contribution in [2.75, 3.05) is 5.73 Å². The molecular formula is C15H18N2O2. The number of rotatable bonds is 2. The first kappa shape index (κ1) is 12.2. The van der Waals surface area contributed by atoms with Crippen LogP contribution in [0, 0.1) is 17.8 Å². The predicted molar refractivity (Wildman–Crippen MR) is 71.8 cm³/mol. The molecule has 1 saturated carbocycles. The highest BCUT2D eigenvalue weighted by Crippen LogP contribution is 2.43. The third kappa shape index (κ3) is 2.01. The SMILES string of the molecule is CC1CC2C(=O)N(Cc3ccc(N)cc3)C(=O)C2C1. The van der Waals surface area contributed by atoms with Crippen LogP contribution in [0.25, 0.3) is 0 Å². The van der Waals surface area contributed by atoms with E-state index in [1.807, 2.05) is 12.1 Å². The van der Waals surface area contributed by atoms with Gasteiger partial charge in [-0.05, 0) is 36.5 Å². The Bertz CT molecular complexity index is 499. The molecule has 2 amide bonds. The lowest BCUT2D eigenvalue weighted by Gasteiger charge is -2.17. The second-order valence-corrected chi connectivity index (χ2v) is 5.79. The minimum absolute atomic E-state index is 0.0103. The molecule has 2 unspecified atom stereocenters. The number of anilines is 1. The molecule has 1 aliphatic carbocycles. The van der Waals surface area contributed by atoms with E-state index in [0.29, 0.717) is 18.2 Å². The number of hydrogen-bond donors (Lipinski definition) is 1. The van der Waals surface area contributed by atoms with Gasteiger partial charge in [0.15, 0.2) is 0 Å². The fourth-order valence-corrected chi connectivity index (χ4v) is 3.31. The van der Waals surface area contributed by atoms with Gasteiger partial charge in [0.1, 0.15) is 0 Å². The molecule has 0 bridgehead atoms. The maximum absolute atomic E-state index is 12.3. The zero-order valence-corrected chi connectivity index (χ0v) is 11.0. The number of fused-ring (bicyclic) bond motifs is 1. The van der Waals surface area contributed by atoms with E-state index in [2.05, 4.69) is 6.92 Å². The van der Waals surface area contributed by atoms with Crippen LogP contribution in [0.4, 0.5) is 5.69 Å². The van der Waals surface area contributed by atoms with Crippen LogP contribution in [-0.4, -0.2) is 16.7 Å². The summed E-state index contributed by atoms with van der Waals surface area (Å²) in [6.07, 6.45) is 1.71. The minimum Gasteiger partial charge on any atom is -0.399 e. The van der Waals surface area contributed by atoms with Gasteiger partial charge in [0, 0.05) is 5.69 Å². The van der Waals surface area contributed by atoms with Crippen molar-refractivity contribution < 1.29 is 9.59 Å². The summed E-state index contributed by atoms with van der Waals surface area (Å²) in [4.78, 5) is 26.0. The lowest BCUT2D eigenvalue weighted by atomic mass is 10.00. The van der Waals surface area contributed by atoms with E-state index >= 15 is 0 Å². The molecule has 3 rings (SSSR count). The van der Waals surface area contributed by atoms with Crippen molar-refractivity contribution in [1.29, 1.82) is 0 Å². The van der Waals surface area contributed by atoms with Crippen LogP contribution >= 0.6 is 0 Å². The Labute approximate surface area is 112 Å². The number of benzene rings is 1. The summed E-state index contributed by atoms with van der Waals surface area (Å²) in [5, 5.41) is 0. The molecule has 2 atom stereocenters. The normalized spacial score (nSPS) is 29.9. The van der Waals surface area contributed by atoms with E-state index in [1.165, 1.54) is 4.90 Å². The summed E-state index contributed by atoms with van der Waals surface area (Å²) in [6, 6.07) is 7.33. The number of likely N-dealkylation sites (tertiary alicyclic amines) is 1. The molecule has 2 aliphatic rings. The smallest absolute Gasteiger partial charge is 0.233 e. The van der Waals surface area contributed by atoms with Crippen molar-refractivity contribution in [2.45, 2.75) is 26.3 Å². The fraction of sp³-hybridized carbons (Fsp3) is 0.467. The second-order valence-electron chi connectivity index (χ2n) is 5.79. The maximum atomic E-state index is 12.3.